The Morgan fingerprint density at radius 3 is 2.86 bits per heavy atom. The van der Waals surface area contributed by atoms with Crippen LogP contribution < -0.4 is 5.32 Å². The Bertz CT molecular complexity index is 233. The zero-order valence-electron chi connectivity index (χ0n) is 8.88. The van der Waals surface area contributed by atoms with Crippen molar-refractivity contribution in [3.05, 3.63) is 0 Å². The Morgan fingerprint density at radius 2 is 2.43 bits per heavy atom. The van der Waals surface area contributed by atoms with Gasteiger partial charge in [0.15, 0.2) is 5.17 Å². The maximum atomic E-state index is 5.52. The molecule has 1 N–H and O–H groups in total. The van der Waals surface area contributed by atoms with Crippen molar-refractivity contribution in [3.8, 4) is 0 Å². The molecule has 0 amide bonds. The molecule has 2 rings (SSSR count). The van der Waals surface area contributed by atoms with Crippen LogP contribution in [0.15, 0.2) is 4.99 Å². The first kappa shape index (κ1) is 10.3. The van der Waals surface area contributed by atoms with E-state index in [1.54, 1.807) is 7.11 Å². The molecule has 1 aliphatic heterocycles. The van der Waals surface area contributed by atoms with Crippen molar-refractivity contribution < 1.29 is 4.74 Å². The van der Waals surface area contributed by atoms with E-state index in [4.69, 9.17) is 4.74 Å². The predicted molar refractivity (Wildman–Crippen MR) is 60.9 cm³/mol. The highest BCUT2D eigenvalue weighted by atomic mass is 32.2. The van der Waals surface area contributed by atoms with Gasteiger partial charge in [0, 0.05) is 18.9 Å². The third kappa shape index (κ3) is 2.06. The fourth-order valence-electron chi connectivity index (χ4n) is 1.80. The van der Waals surface area contributed by atoms with E-state index >= 15 is 0 Å². The normalized spacial score (nSPS) is 32.7. The first-order chi connectivity index (χ1) is 6.74. The van der Waals surface area contributed by atoms with Crippen LogP contribution in [-0.2, 0) is 4.74 Å². The molecule has 1 unspecified atom stereocenters. The lowest BCUT2D eigenvalue weighted by molar-refractivity contribution is -0.0629. The molecule has 2 fully saturated rings. The number of hydrogen-bond acceptors (Lipinski definition) is 3. The van der Waals surface area contributed by atoms with E-state index in [9.17, 15) is 0 Å². The van der Waals surface area contributed by atoms with Crippen molar-refractivity contribution in [1.29, 1.82) is 0 Å². The Balaban J connectivity index is 1.86. The summed E-state index contributed by atoms with van der Waals surface area (Å²) in [4.78, 5) is 4.58. The van der Waals surface area contributed by atoms with Crippen molar-refractivity contribution in [1.82, 2.24) is 5.32 Å². The molecule has 1 heterocycles. The van der Waals surface area contributed by atoms with Crippen LogP contribution >= 0.6 is 11.8 Å². The number of nitrogens with zero attached hydrogens (tertiary/aromatic N) is 1. The molecule has 1 saturated carbocycles. The van der Waals surface area contributed by atoms with Gasteiger partial charge in [-0.25, -0.2) is 0 Å². The molecule has 4 heteroatoms. The number of nitrogens with one attached hydrogen (secondary N) is 1. The topological polar surface area (TPSA) is 33.6 Å². The van der Waals surface area contributed by atoms with Crippen molar-refractivity contribution >= 4 is 16.9 Å². The SMILES string of the molecule is COC1(CN=C2NC(C)CS2)CCC1. The minimum Gasteiger partial charge on any atom is -0.376 e. The number of hydrogen-bond donors (Lipinski definition) is 1. The number of ether oxygens (including phenoxy) is 1. The summed E-state index contributed by atoms with van der Waals surface area (Å²) in [6.07, 6.45) is 3.62. The van der Waals surface area contributed by atoms with Gasteiger partial charge in [-0.05, 0) is 26.2 Å². The highest BCUT2D eigenvalue weighted by Crippen LogP contribution is 2.35. The summed E-state index contributed by atoms with van der Waals surface area (Å²) < 4.78 is 5.52. The Morgan fingerprint density at radius 1 is 1.64 bits per heavy atom. The van der Waals surface area contributed by atoms with Gasteiger partial charge in [0.25, 0.3) is 0 Å². The van der Waals surface area contributed by atoms with E-state index in [1.165, 1.54) is 19.3 Å². The number of thioether (sulfide) groups is 1. The van der Waals surface area contributed by atoms with E-state index in [1.807, 2.05) is 11.8 Å². The van der Waals surface area contributed by atoms with Gasteiger partial charge in [-0.2, -0.15) is 0 Å². The van der Waals surface area contributed by atoms with E-state index in [0.29, 0.717) is 6.04 Å². The van der Waals surface area contributed by atoms with Crippen LogP contribution in [-0.4, -0.2) is 36.2 Å². The summed E-state index contributed by atoms with van der Waals surface area (Å²) in [6, 6.07) is 0.568. The minimum absolute atomic E-state index is 0.0705. The fourth-order valence-corrected chi connectivity index (χ4v) is 2.73. The van der Waals surface area contributed by atoms with Crippen LogP contribution in [0, 0.1) is 0 Å². The number of aliphatic imine (C=N–C) groups is 1. The monoisotopic (exact) mass is 214 g/mol. The lowest BCUT2D eigenvalue weighted by Gasteiger charge is -2.39. The van der Waals surface area contributed by atoms with Crippen molar-refractivity contribution in [2.24, 2.45) is 4.99 Å². The van der Waals surface area contributed by atoms with Crippen LogP contribution in [0.4, 0.5) is 0 Å². The summed E-state index contributed by atoms with van der Waals surface area (Å²) in [5.41, 5.74) is 0.0705. The third-order valence-corrected chi connectivity index (χ3v) is 4.24. The molecule has 0 aromatic carbocycles. The fraction of sp³-hybridized carbons (Fsp3) is 0.900. The van der Waals surface area contributed by atoms with Gasteiger partial charge in [-0.15, -0.1) is 0 Å². The van der Waals surface area contributed by atoms with Gasteiger partial charge in [-0.1, -0.05) is 11.8 Å². The Kier molecular flexibility index (Phi) is 3.02. The van der Waals surface area contributed by atoms with Gasteiger partial charge >= 0.3 is 0 Å². The van der Waals surface area contributed by atoms with Gasteiger partial charge in [0.05, 0.1) is 12.1 Å². The lowest BCUT2D eigenvalue weighted by Crippen LogP contribution is -2.42. The van der Waals surface area contributed by atoms with E-state index in [0.717, 1.165) is 17.5 Å². The van der Waals surface area contributed by atoms with Gasteiger partial charge < -0.3 is 10.1 Å². The first-order valence-corrected chi connectivity index (χ1v) is 6.22. The summed E-state index contributed by atoms with van der Waals surface area (Å²) in [5, 5.41) is 4.45. The van der Waals surface area contributed by atoms with Crippen LogP contribution in [0.1, 0.15) is 26.2 Å². The second-order valence-corrected chi connectivity index (χ2v) is 5.23. The Labute approximate surface area is 89.7 Å². The predicted octanol–water partition coefficient (Wildman–Crippen LogP) is 1.64. The molecule has 3 nitrogen and oxygen atoms in total. The zero-order valence-corrected chi connectivity index (χ0v) is 9.69. The molecular formula is C10H18N2OS. The largest absolute Gasteiger partial charge is 0.376 e. The lowest BCUT2D eigenvalue weighted by atomic mass is 9.80. The zero-order chi connectivity index (χ0) is 10.0. The molecule has 0 bridgehead atoms. The maximum absolute atomic E-state index is 5.52. The molecule has 0 radical (unpaired) electrons. The molecule has 14 heavy (non-hydrogen) atoms. The average Bonchev–Trinajstić information content (AvgIpc) is 2.50. The van der Waals surface area contributed by atoms with Crippen LogP contribution in [0.5, 0.6) is 0 Å². The van der Waals surface area contributed by atoms with Gasteiger partial charge in [-0.3, -0.25) is 4.99 Å². The van der Waals surface area contributed by atoms with Gasteiger partial charge in [0.2, 0.25) is 0 Å². The first-order valence-electron chi connectivity index (χ1n) is 5.23. The summed E-state index contributed by atoms with van der Waals surface area (Å²) in [5.74, 6) is 1.14. The molecule has 0 spiro atoms. The molecule has 0 aromatic heterocycles. The van der Waals surface area contributed by atoms with Crippen LogP contribution in [0.3, 0.4) is 0 Å². The molecular weight excluding hydrogens is 196 g/mol. The highest BCUT2D eigenvalue weighted by Gasteiger charge is 2.37. The average molecular weight is 214 g/mol. The van der Waals surface area contributed by atoms with Crippen LogP contribution in [0.25, 0.3) is 0 Å². The Hall–Kier alpha value is -0.220. The molecule has 0 aromatic rings. The molecule has 80 valence electrons. The standard InChI is InChI=1S/C10H18N2OS/c1-8-6-14-9(12-8)11-7-10(13-2)4-3-5-10/h8H,3-7H2,1-2H3,(H,11,12). The highest BCUT2D eigenvalue weighted by molar-refractivity contribution is 8.14. The number of rotatable bonds is 3. The van der Waals surface area contributed by atoms with Crippen LogP contribution in [0.2, 0.25) is 0 Å². The quantitative estimate of drug-likeness (QED) is 0.775. The molecule has 2 aliphatic rings. The summed E-state index contributed by atoms with van der Waals surface area (Å²) >= 11 is 1.82. The molecule has 1 saturated heterocycles. The smallest absolute Gasteiger partial charge is 0.156 e. The number of amidine groups is 1. The summed E-state index contributed by atoms with van der Waals surface area (Å²) in [6.45, 7) is 3.01. The minimum atomic E-state index is 0.0705. The van der Waals surface area contributed by atoms with Crippen molar-refractivity contribution in [3.63, 3.8) is 0 Å². The van der Waals surface area contributed by atoms with E-state index in [2.05, 4.69) is 17.2 Å². The second kappa shape index (κ2) is 4.11. The molecule has 1 atom stereocenters. The summed E-state index contributed by atoms with van der Waals surface area (Å²) in [7, 11) is 1.80. The molecule has 1 aliphatic carbocycles. The third-order valence-electron chi connectivity index (χ3n) is 3.05. The van der Waals surface area contributed by atoms with E-state index in [-0.39, 0.29) is 5.60 Å². The van der Waals surface area contributed by atoms with Crippen molar-refractivity contribution in [2.45, 2.75) is 37.8 Å². The van der Waals surface area contributed by atoms with Gasteiger partial charge in [0.1, 0.15) is 0 Å². The number of methoxy groups -OCH3 is 1. The van der Waals surface area contributed by atoms with E-state index < -0.39 is 0 Å². The second-order valence-electron chi connectivity index (χ2n) is 4.22. The van der Waals surface area contributed by atoms with Crippen molar-refractivity contribution in [2.75, 3.05) is 19.4 Å². The maximum Gasteiger partial charge on any atom is 0.156 e.